The van der Waals surface area contributed by atoms with Crippen LogP contribution in [-0.4, -0.2) is 47.4 Å². The van der Waals surface area contributed by atoms with Gasteiger partial charge < -0.3 is 20.3 Å². The molecule has 0 spiro atoms. The van der Waals surface area contributed by atoms with Gasteiger partial charge in [-0.05, 0) is 51.4 Å². The molecule has 0 aromatic carbocycles. The van der Waals surface area contributed by atoms with Crippen LogP contribution in [-0.2, 0) is 14.3 Å². The van der Waals surface area contributed by atoms with Crippen molar-refractivity contribution in [2.45, 2.75) is 398 Å². The second-order valence-corrected chi connectivity index (χ2v) is 23.5. The van der Waals surface area contributed by atoms with E-state index in [4.69, 9.17) is 4.74 Å². The Bertz CT molecular complexity index is 1110. The first-order valence-corrected chi connectivity index (χ1v) is 33.9. The quantitative estimate of drug-likeness (QED) is 0.0320. The fourth-order valence-electron chi connectivity index (χ4n) is 10.9. The Kier molecular flexibility index (Phi) is 62.9. The summed E-state index contributed by atoms with van der Waals surface area (Å²) in [6.07, 6.45) is 78.3. The van der Waals surface area contributed by atoms with E-state index >= 15 is 0 Å². The Morgan fingerprint density at radius 3 is 0.959 bits per heavy atom. The summed E-state index contributed by atoms with van der Waals surface area (Å²) in [4.78, 5) is 24.5. The van der Waals surface area contributed by atoms with E-state index < -0.39 is 12.1 Å². The van der Waals surface area contributed by atoms with Crippen molar-refractivity contribution in [3.63, 3.8) is 0 Å². The molecular weight excluding hydrogens is 911 g/mol. The number of hydrogen-bond donors (Lipinski definition) is 3. The molecule has 440 valence electrons. The van der Waals surface area contributed by atoms with Gasteiger partial charge in [0.1, 0.15) is 0 Å². The molecule has 2 unspecified atom stereocenters. The minimum absolute atomic E-state index is 0.0204. The zero-order valence-electron chi connectivity index (χ0n) is 50.4. The third kappa shape index (κ3) is 59.8. The summed E-state index contributed by atoms with van der Waals surface area (Å²) in [5, 5.41) is 23.2. The maximum absolute atomic E-state index is 12.5. The number of nitrogens with one attached hydrogen (secondary N) is 1. The molecule has 0 fully saturated rings. The van der Waals surface area contributed by atoms with Crippen molar-refractivity contribution in [1.82, 2.24) is 5.32 Å². The molecule has 0 radical (unpaired) electrons. The molecule has 0 bridgehead atoms. The van der Waals surface area contributed by atoms with Crippen molar-refractivity contribution >= 4 is 11.9 Å². The number of aliphatic hydroxyl groups excluding tert-OH is 2. The Morgan fingerprint density at radius 1 is 0.365 bits per heavy atom. The minimum atomic E-state index is -0.660. The van der Waals surface area contributed by atoms with Gasteiger partial charge in [0, 0.05) is 12.8 Å². The number of unbranched alkanes of at least 4 members (excludes halogenated alkanes) is 51. The molecule has 0 aromatic rings. The lowest BCUT2D eigenvalue weighted by Crippen LogP contribution is -2.45. The zero-order chi connectivity index (χ0) is 53.6. The molecule has 74 heavy (non-hydrogen) atoms. The topological polar surface area (TPSA) is 95.9 Å². The first-order chi connectivity index (χ1) is 36.5. The van der Waals surface area contributed by atoms with Crippen LogP contribution in [0.25, 0.3) is 0 Å². The number of carbonyl (C=O) groups is 2. The predicted molar refractivity (Wildman–Crippen MR) is 324 cm³/mol. The van der Waals surface area contributed by atoms with Gasteiger partial charge in [-0.3, -0.25) is 9.59 Å². The molecule has 0 aliphatic heterocycles. The van der Waals surface area contributed by atoms with Crippen molar-refractivity contribution in [3.05, 3.63) is 12.2 Å². The number of ether oxygens (including phenoxy) is 1. The van der Waals surface area contributed by atoms with Gasteiger partial charge in [-0.15, -0.1) is 0 Å². The van der Waals surface area contributed by atoms with Gasteiger partial charge in [-0.1, -0.05) is 334 Å². The molecular formula is C68H133NO5. The summed E-state index contributed by atoms with van der Waals surface area (Å²) in [6.45, 7) is 4.98. The highest BCUT2D eigenvalue weighted by atomic mass is 16.5. The Balaban J connectivity index is 3.33. The van der Waals surface area contributed by atoms with Gasteiger partial charge in [0.05, 0.1) is 25.4 Å². The van der Waals surface area contributed by atoms with Gasteiger partial charge in [0.15, 0.2) is 0 Å². The standard InChI is InChI=1S/C68H133NO5/c1-3-5-7-9-11-13-15-37-42-46-50-54-58-62-68(73)74-63-59-55-51-47-43-39-36-34-32-30-28-26-24-22-20-18-17-19-21-23-25-27-29-31-33-35-38-41-45-49-53-57-61-67(72)69-65(64-70)66(71)60-56-52-48-44-40-16-14-12-10-8-6-4-2/h20,22,65-66,70-71H,3-19,21,23-64H2,1-2H3,(H,69,72)/b22-20-. The van der Waals surface area contributed by atoms with Gasteiger partial charge in [-0.25, -0.2) is 0 Å². The number of hydrogen-bond acceptors (Lipinski definition) is 5. The second kappa shape index (κ2) is 64.1. The van der Waals surface area contributed by atoms with Crippen molar-refractivity contribution < 1.29 is 24.5 Å². The molecule has 0 rings (SSSR count). The number of carbonyl (C=O) groups excluding carboxylic acids is 2. The number of amides is 1. The lowest BCUT2D eigenvalue weighted by molar-refractivity contribution is -0.143. The van der Waals surface area contributed by atoms with Crippen LogP contribution in [0.1, 0.15) is 386 Å². The minimum Gasteiger partial charge on any atom is -0.466 e. The van der Waals surface area contributed by atoms with Crippen LogP contribution in [0.15, 0.2) is 12.2 Å². The summed E-state index contributed by atoms with van der Waals surface area (Å²) in [5.41, 5.74) is 0. The van der Waals surface area contributed by atoms with E-state index in [0.29, 0.717) is 25.9 Å². The van der Waals surface area contributed by atoms with Gasteiger partial charge in [0.2, 0.25) is 5.91 Å². The predicted octanol–water partition coefficient (Wildman–Crippen LogP) is 21.6. The van der Waals surface area contributed by atoms with Crippen LogP contribution in [0.3, 0.4) is 0 Å². The molecule has 6 heteroatoms. The first-order valence-electron chi connectivity index (χ1n) is 33.9. The van der Waals surface area contributed by atoms with E-state index in [1.807, 2.05) is 0 Å². The monoisotopic (exact) mass is 1040 g/mol. The number of allylic oxidation sites excluding steroid dienone is 2. The molecule has 2 atom stereocenters. The maximum Gasteiger partial charge on any atom is 0.305 e. The van der Waals surface area contributed by atoms with E-state index in [9.17, 15) is 19.8 Å². The normalized spacial score (nSPS) is 12.5. The lowest BCUT2D eigenvalue weighted by atomic mass is 10.0. The maximum atomic E-state index is 12.5. The summed E-state index contributed by atoms with van der Waals surface area (Å²) in [7, 11) is 0. The van der Waals surface area contributed by atoms with E-state index in [-0.39, 0.29) is 18.5 Å². The van der Waals surface area contributed by atoms with Crippen LogP contribution >= 0.6 is 0 Å². The highest BCUT2D eigenvalue weighted by molar-refractivity contribution is 5.76. The van der Waals surface area contributed by atoms with E-state index in [0.717, 1.165) is 38.5 Å². The molecule has 0 saturated heterocycles. The van der Waals surface area contributed by atoms with Crippen LogP contribution in [0, 0.1) is 0 Å². The fraction of sp³-hybridized carbons (Fsp3) is 0.941. The second-order valence-electron chi connectivity index (χ2n) is 23.5. The number of esters is 1. The average molecular weight is 1040 g/mol. The van der Waals surface area contributed by atoms with Gasteiger partial charge >= 0.3 is 5.97 Å². The van der Waals surface area contributed by atoms with E-state index in [1.54, 1.807) is 0 Å². The Hall–Kier alpha value is -1.40. The fourth-order valence-corrected chi connectivity index (χ4v) is 10.9. The third-order valence-corrected chi connectivity index (χ3v) is 16.1. The SMILES string of the molecule is CCCCCCCCCCCCCCCC(=O)OCCCCCCCCCCCCCC/C=C\CCCCCCCCCCCCCCCCCCC(=O)NC(CO)C(O)CCCCCCCCCCCCCC. The highest BCUT2D eigenvalue weighted by Gasteiger charge is 2.20. The van der Waals surface area contributed by atoms with Crippen molar-refractivity contribution in [2.75, 3.05) is 13.2 Å². The summed E-state index contributed by atoms with van der Waals surface area (Å²) < 4.78 is 5.49. The molecule has 0 aromatic heterocycles. The first kappa shape index (κ1) is 72.6. The smallest absolute Gasteiger partial charge is 0.305 e. The summed E-state index contributed by atoms with van der Waals surface area (Å²) in [6, 6.07) is -0.537. The molecule has 0 saturated carbocycles. The largest absolute Gasteiger partial charge is 0.466 e. The average Bonchev–Trinajstić information content (AvgIpc) is 3.40. The zero-order valence-corrected chi connectivity index (χ0v) is 50.4. The summed E-state index contributed by atoms with van der Waals surface area (Å²) in [5.74, 6) is -0.0102. The Labute approximate surface area is 463 Å². The van der Waals surface area contributed by atoms with Crippen LogP contribution in [0.5, 0.6) is 0 Å². The van der Waals surface area contributed by atoms with Gasteiger partial charge in [0.25, 0.3) is 0 Å². The van der Waals surface area contributed by atoms with Crippen LogP contribution in [0.4, 0.5) is 0 Å². The molecule has 0 aliphatic rings. The van der Waals surface area contributed by atoms with E-state index in [1.165, 1.54) is 315 Å². The highest BCUT2D eigenvalue weighted by Crippen LogP contribution is 2.19. The molecule has 0 heterocycles. The van der Waals surface area contributed by atoms with Crippen molar-refractivity contribution in [2.24, 2.45) is 0 Å². The lowest BCUT2D eigenvalue weighted by Gasteiger charge is -2.22. The number of aliphatic hydroxyl groups is 2. The number of rotatable bonds is 64. The molecule has 3 N–H and O–H groups in total. The van der Waals surface area contributed by atoms with E-state index in [2.05, 4.69) is 31.3 Å². The third-order valence-electron chi connectivity index (χ3n) is 16.1. The Morgan fingerprint density at radius 2 is 0.635 bits per heavy atom. The van der Waals surface area contributed by atoms with Crippen LogP contribution in [0.2, 0.25) is 0 Å². The van der Waals surface area contributed by atoms with Gasteiger partial charge in [-0.2, -0.15) is 0 Å². The molecule has 6 nitrogen and oxygen atoms in total. The summed E-state index contributed by atoms with van der Waals surface area (Å²) >= 11 is 0. The van der Waals surface area contributed by atoms with Crippen LogP contribution < -0.4 is 5.32 Å². The van der Waals surface area contributed by atoms with Crippen molar-refractivity contribution in [3.8, 4) is 0 Å². The molecule has 0 aliphatic carbocycles. The molecule has 1 amide bonds. The van der Waals surface area contributed by atoms with Crippen molar-refractivity contribution in [1.29, 1.82) is 0 Å².